The molecule has 0 aliphatic rings. The zero-order chi connectivity index (χ0) is 13.2. The average Bonchev–Trinajstić information content (AvgIpc) is 2.47. The molecule has 0 spiro atoms. The topological polar surface area (TPSA) is 50.7 Å². The minimum Gasteiger partial charge on any atom is -0.372 e. The fourth-order valence-corrected chi connectivity index (χ4v) is 2.49. The van der Waals surface area contributed by atoms with E-state index in [9.17, 15) is 0 Å². The number of para-hydroxylation sites is 1. The van der Waals surface area contributed by atoms with Gasteiger partial charge in [-0.2, -0.15) is 0 Å². The van der Waals surface area contributed by atoms with E-state index in [-0.39, 0.29) is 0 Å². The normalized spacial score (nSPS) is 10.6. The van der Waals surface area contributed by atoms with Crippen LogP contribution in [0.2, 0.25) is 0 Å². The number of nitrogens with zero attached hydrogens (tertiary/aromatic N) is 3. The van der Waals surface area contributed by atoms with Gasteiger partial charge in [-0.15, -0.1) is 0 Å². The largest absolute Gasteiger partial charge is 0.372 e. The molecule has 3 rings (SSSR count). The molecule has 2 heterocycles. The Labute approximate surface area is 124 Å². The summed E-state index contributed by atoms with van der Waals surface area (Å²) >= 11 is 2.21. The molecular formula is C14H11IN4. The molecule has 0 unspecified atom stereocenters. The molecule has 0 saturated heterocycles. The maximum Gasteiger partial charge on any atom is 0.163 e. The first kappa shape index (κ1) is 12.3. The molecule has 0 fully saturated rings. The van der Waals surface area contributed by atoms with E-state index < -0.39 is 0 Å². The fraction of sp³-hybridized carbons (Fsp3) is 0.0714. The number of anilines is 1. The zero-order valence-electron chi connectivity index (χ0n) is 10.3. The third-order valence-electron chi connectivity index (χ3n) is 2.85. The third kappa shape index (κ3) is 2.25. The Morgan fingerprint density at radius 3 is 2.79 bits per heavy atom. The van der Waals surface area contributed by atoms with Gasteiger partial charge in [0.1, 0.15) is 5.82 Å². The summed E-state index contributed by atoms with van der Waals surface area (Å²) in [6, 6.07) is 10.0. The van der Waals surface area contributed by atoms with Crippen molar-refractivity contribution in [1.82, 2.24) is 15.0 Å². The molecule has 1 N–H and O–H groups in total. The molecule has 19 heavy (non-hydrogen) atoms. The molecular weight excluding hydrogens is 351 g/mol. The van der Waals surface area contributed by atoms with Crippen LogP contribution < -0.4 is 5.32 Å². The summed E-state index contributed by atoms with van der Waals surface area (Å²) in [7, 11) is 1.86. The van der Waals surface area contributed by atoms with Crippen molar-refractivity contribution in [3.8, 4) is 11.4 Å². The van der Waals surface area contributed by atoms with Gasteiger partial charge < -0.3 is 5.32 Å². The molecule has 3 aromatic rings. The van der Waals surface area contributed by atoms with Crippen molar-refractivity contribution in [2.75, 3.05) is 12.4 Å². The number of aromatic nitrogens is 3. The molecule has 0 radical (unpaired) electrons. The van der Waals surface area contributed by atoms with Crippen LogP contribution in [-0.4, -0.2) is 22.0 Å². The van der Waals surface area contributed by atoms with Gasteiger partial charge in [-0.25, -0.2) is 9.97 Å². The standard InChI is InChI=1S/C14H11IN4/c1-16-14-11(15)8-18-13(19-14)10-6-2-4-9-5-3-7-17-12(9)10/h2-8H,1H3,(H,16,18,19). The van der Waals surface area contributed by atoms with Crippen LogP contribution in [0.15, 0.2) is 42.7 Å². The molecule has 1 aromatic carbocycles. The van der Waals surface area contributed by atoms with Crippen molar-refractivity contribution >= 4 is 39.3 Å². The number of rotatable bonds is 2. The lowest BCUT2D eigenvalue weighted by atomic mass is 10.1. The molecule has 5 heteroatoms. The smallest absolute Gasteiger partial charge is 0.163 e. The van der Waals surface area contributed by atoms with Gasteiger partial charge in [0, 0.05) is 30.4 Å². The van der Waals surface area contributed by atoms with Crippen LogP contribution >= 0.6 is 22.6 Å². The second-order valence-corrected chi connectivity index (χ2v) is 5.18. The lowest BCUT2D eigenvalue weighted by Crippen LogP contribution is -1.99. The summed E-state index contributed by atoms with van der Waals surface area (Å²) in [5, 5.41) is 4.17. The van der Waals surface area contributed by atoms with E-state index in [0.29, 0.717) is 5.82 Å². The van der Waals surface area contributed by atoms with Crippen LogP contribution in [0.3, 0.4) is 0 Å². The summed E-state index contributed by atoms with van der Waals surface area (Å²) in [4.78, 5) is 13.4. The molecule has 0 aliphatic heterocycles. The SMILES string of the molecule is CNc1nc(-c2cccc3cccnc23)ncc1I. The quantitative estimate of drug-likeness (QED) is 0.711. The van der Waals surface area contributed by atoms with Crippen molar-refractivity contribution in [3.05, 3.63) is 46.3 Å². The summed E-state index contributed by atoms with van der Waals surface area (Å²) in [6.07, 6.45) is 3.61. The second kappa shape index (κ2) is 5.08. The van der Waals surface area contributed by atoms with Gasteiger partial charge >= 0.3 is 0 Å². The number of hydrogen-bond acceptors (Lipinski definition) is 4. The molecule has 0 amide bonds. The van der Waals surface area contributed by atoms with Crippen LogP contribution in [0.5, 0.6) is 0 Å². The Balaban J connectivity index is 2.24. The molecule has 0 atom stereocenters. The van der Waals surface area contributed by atoms with Crippen LogP contribution in [0.4, 0.5) is 5.82 Å². The number of halogens is 1. The van der Waals surface area contributed by atoms with Gasteiger partial charge in [-0.05, 0) is 34.7 Å². The third-order valence-corrected chi connectivity index (χ3v) is 3.64. The van der Waals surface area contributed by atoms with E-state index >= 15 is 0 Å². The average molecular weight is 362 g/mol. The van der Waals surface area contributed by atoms with Gasteiger partial charge in [-0.1, -0.05) is 18.2 Å². The maximum absolute atomic E-state index is 4.54. The number of nitrogens with one attached hydrogen (secondary N) is 1. The Bertz CT molecular complexity index is 737. The maximum atomic E-state index is 4.54. The molecule has 0 bridgehead atoms. The van der Waals surface area contributed by atoms with E-state index in [1.54, 1.807) is 6.20 Å². The highest BCUT2D eigenvalue weighted by molar-refractivity contribution is 14.1. The number of hydrogen-bond donors (Lipinski definition) is 1. The first-order chi connectivity index (χ1) is 9.29. The molecule has 0 aliphatic carbocycles. The molecule has 0 saturated carbocycles. The van der Waals surface area contributed by atoms with Gasteiger partial charge in [0.05, 0.1) is 9.09 Å². The Hall–Kier alpha value is -1.76. The van der Waals surface area contributed by atoms with Crippen molar-refractivity contribution in [2.45, 2.75) is 0 Å². The summed E-state index contributed by atoms with van der Waals surface area (Å²) < 4.78 is 0.997. The van der Waals surface area contributed by atoms with Crippen LogP contribution in [0, 0.1) is 3.57 Å². The lowest BCUT2D eigenvalue weighted by molar-refractivity contribution is 1.15. The highest BCUT2D eigenvalue weighted by atomic mass is 127. The summed E-state index contributed by atoms with van der Waals surface area (Å²) in [5.41, 5.74) is 1.87. The highest BCUT2D eigenvalue weighted by Crippen LogP contribution is 2.26. The van der Waals surface area contributed by atoms with Gasteiger partial charge in [0.25, 0.3) is 0 Å². The van der Waals surface area contributed by atoms with Crippen molar-refractivity contribution in [2.24, 2.45) is 0 Å². The van der Waals surface area contributed by atoms with Crippen LogP contribution in [-0.2, 0) is 0 Å². The minimum atomic E-state index is 0.689. The predicted octanol–water partition coefficient (Wildman–Crippen LogP) is 3.34. The van der Waals surface area contributed by atoms with E-state index in [1.807, 2.05) is 43.6 Å². The van der Waals surface area contributed by atoms with E-state index in [0.717, 1.165) is 25.9 Å². The highest BCUT2D eigenvalue weighted by Gasteiger charge is 2.09. The van der Waals surface area contributed by atoms with E-state index in [2.05, 4.69) is 42.9 Å². The number of pyridine rings is 1. The molecule has 4 nitrogen and oxygen atoms in total. The van der Waals surface area contributed by atoms with Crippen LogP contribution in [0.25, 0.3) is 22.3 Å². The van der Waals surface area contributed by atoms with Gasteiger partial charge in [0.15, 0.2) is 5.82 Å². The first-order valence-corrected chi connectivity index (χ1v) is 6.92. The van der Waals surface area contributed by atoms with Gasteiger partial charge in [0.2, 0.25) is 0 Å². The van der Waals surface area contributed by atoms with Crippen molar-refractivity contribution in [3.63, 3.8) is 0 Å². The van der Waals surface area contributed by atoms with E-state index in [1.165, 1.54) is 0 Å². The van der Waals surface area contributed by atoms with Crippen molar-refractivity contribution < 1.29 is 0 Å². The number of fused-ring (bicyclic) bond motifs is 1. The monoisotopic (exact) mass is 362 g/mol. The predicted molar refractivity (Wildman–Crippen MR) is 85.0 cm³/mol. The Morgan fingerprint density at radius 1 is 1.11 bits per heavy atom. The fourth-order valence-electron chi connectivity index (χ4n) is 1.96. The van der Waals surface area contributed by atoms with E-state index in [4.69, 9.17) is 0 Å². The zero-order valence-corrected chi connectivity index (χ0v) is 12.4. The molecule has 2 aromatic heterocycles. The lowest BCUT2D eigenvalue weighted by Gasteiger charge is -2.07. The minimum absolute atomic E-state index is 0.689. The molecule has 94 valence electrons. The Kier molecular flexibility index (Phi) is 3.29. The number of benzene rings is 1. The van der Waals surface area contributed by atoms with Crippen molar-refractivity contribution in [1.29, 1.82) is 0 Å². The first-order valence-electron chi connectivity index (χ1n) is 5.84. The van der Waals surface area contributed by atoms with Crippen LogP contribution in [0.1, 0.15) is 0 Å². The summed E-state index contributed by atoms with van der Waals surface area (Å²) in [6.45, 7) is 0. The summed E-state index contributed by atoms with van der Waals surface area (Å²) in [5.74, 6) is 1.52. The Morgan fingerprint density at radius 2 is 1.95 bits per heavy atom. The second-order valence-electron chi connectivity index (χ2n) is 4.02. The van der Waals surface area contributed by atoms with Gasteiger partial charge in [-0.3, -0.25) is 4.98 Å².